The molecule has 35 heavy (non-hydrogen) atoms. The molecule has 1 aromatic heterocycles. The molecule has 0 saturated carbocycles. The third-order valence-electron chi connectivity index (χ3n) is 5.72. The highest BCUT2D eigenvalue weighted by Gasteiger charge is 2.28. The third-order valence-corrected chi connectivity index (χ3v) is 7.43. The van der Waals surface area contributed by atoms with Crippen molar-refractivity contribution in [3.8, 4) is 11.5 Å². The third kappa shape index (κ3) is 5.94. The molecule has 4 rings (SSSR count). The number of carbonyl (C=O) groups excluding carboxylic acids is 1. The highest BCUT2D eigenvalue weighted by molar-refractivity contribution is 9.10. The molecule has 0 atom stereocenters. The van der Waals surface area contributed by atoms with E-state index in [9.17, 15) is 4.79 Å². The first-order valence-electron chi connectivity index (χ1n) is 11.7. The average Bonchev–Trinajstić information content (AvgIpc) is 3.22. The van der Waals surface area contributed by atoms with Gasteiger partial charge in [0.15, 0.2) is 11.5 Å². The molecule has 1 aliphatic rings. The maximum absolute atomic E-state index is 12.9. The number of ether oxygens (including phenoxy) is 3. The lowest BCUT2D eigenvalue weighted by molar-refractivity contribution is 0.0526. The first kappa shape index (κ1) is 25.4. The zero-order valence-corrected chi connectivity index (χ0v) is 22.6. The lowest BCUT2D eigenvalue weighted by atomic mass is 10.0. The Balaban J connectivity index is 1.63. The van der Waals surface area contributed by atoms with E-state index in [4.69, 9.17) is 19.2 Å². The summed E-state index contributed by atoms with van der Waals surface area (Å²) in [4.78, 5) is 21.2. The van der Waals surface area contributed by atoms with Crippen molar-refractivity contribution >= 4 is 44.5 Å². The summed E-state index contributed by atoms with van der Waals surface area (Å²) < 4.78 is 17.4. The van der Waals surface area contributed by atoms with Gasteiger partial charge in [-0.1, -0.05) is 30.3 Å². The lowest BCUT2D eigenvalue weighted by Crippen LogP contribution is -2.29. The van der Waals surface area contributed by atoms with Crippen molar-refractivity contribution in [1.82, 2.24) is 4.90 Å². The monoisotopic (exact) mass is 556 g/mol. The van der Waals surface area contributed by atoms with Gasteiger partial charge in [0, 0.05) is 30.7 Å². The number of benzene rings is 2. The van der Waals surface area contributed by atoms with Crippen LogP contribution in [0, 0.1) is 0 Å². The first-order valence-corrected chi connectivity index (χ1v) is 13.3. The highest BCUT2D eigenvalue weighted by Crippen LogP contribution is 2.40. The van der Waals surface area contributed by atoms with Crippen LogP contribution in [0.25, 0.3) is 0 Å². The highest BCUT2D eigenvalue weighted by atomic mass is 79.9. The number of rotatable bonds is 9. The van der Waals surface area contributed by atoms with E-state index in [1.165, 1.54) is 10.4 Å². The molecule has 0 aliphatic carbocycles. The van der Waals surface area contributed by atoms with E-state index in [2.05, 4.69) is 45.1 Å². The molecule has 8 heteroatoms. The van der Waals surface area contributed by atoms with Crippen LogP contribution in [0.2, 0.25) is 0 Å². The van der Waals surface area contributed by atoms with Gasteiger partial charge in [-0.3, -0.25) is 4.90 Å². The molecule has 3 aromatic rings. The van der Waals surface area contributed by atoms with Crippen molar-refractivity contribution in [3.05, 3.63) is 74.1 Å². The van der Waals surface area contributed by atoms with Crippen LogP contribution in [0.4, 0.5) is 5.00 Å². The molecule has 0 fully saturated rings. The molecule has 0 unspecified atom stereocenters. The second-order valence-corrected chi connectivity index (χ2v) is 10.0. The van der Waals surface area contributed by atoms with E-state index in [0.29, 0.717) is 35.3 Å². The lowest BCUT2D eigenvalue weighted by Gasteiger charge is -2.27. The van der Waals surface area contributed by atoms with E-state index in [-0.39, 0.29) is 5.97 Å². The van der Waals surface area contributed by atoms with Crippen LogP contribution in [0.15, 0.2) is 51.9 Å². The summed E-state index contributed by atoms with van der Waals surface area (Å²) in [7, 11) is 1.61. The Kier molecular flexibility index (Phi) is 8.59. The minimum absolute atomic E-state index is 0.306. The molecule has 6 nitrogen and oxygen atoms in total. The SMILES string of the molecule is CCOC(=O)c1c(N=Cc2cc(Br)c(OCC)c(OC)c2)sc2c1CCN(Cc1ccccc1)C2. The molecule has 1 aliphatic heterocycles. The smallest absolute Gasteiger partial charge is 0.341 e. The Hall–Kier alpha value is -2.68. The predicted molar refractivity (Wildman–Crippen MR) is 144 cm³/mol. The zero-order valence-electron chi connectivity index (χ0n) is 20.2. The van der Waals surface area contributed by atoms with Gasteiger partial charge in [0.1, 0.15) is 5.00 Å². The van der Waals surface area contributed by atoms with Crippen molar-refractivity contribution in [3.63, 3.8) is 0 Å². The summed E-state index contributed by atoms with van der Waals surface area (Å²) in [5, 5.41) is 0.680. The molecule has 2 aromatic carbocycles. The van der Waals surface area contributed by atoms with Crippen LogP contribution < -0.4 is 9.47 Å². The molecular weight excluding hydrogens is 528 g/mol. The maximum atomic E-state index is 12.9. The summed E-state index contributed by atoms with van der Waals surface area (Å²) in [6, 6.07) is 14.3. The molecule has 0 spiro atoms. The minimum Gasteiger partial charge on any atom is -0.493 e. The van der Waals surface area contributed by atoms with Crippen molar-refractivity contribution in [2.24, 2.45) is 4.99 Å². The Labute approximate surface area is 218 Å². The van der Waals surface area contributed by atoms with E-state index in [0.717, 1.165) is 41.7 Å². The zero-order chi connectivity index (χ0) is 24.8. The number of halogens is 1. The van der Waals surface area contributed by atoms with Gasteiger partial charge in [0.25, 0.3) is 0 Å². The normalized spacial score (nSPS) is 13.6. The number of aliphatic imine (C=N–C) groups is 1. The number of methoxy groups -OCH3 is 1. The van der Waals surface area contributed by atoms with Gasteiger partial charge in [0.05, 0.1) is 30.4 Å². The van der Waals surface area contributed by atoms with E-state index >= 15 is 0 Å². The van der Waals surface area contributed by atoms with Crippen molar-refractivity contribution in [1.29, 1.82) is 0 Å². The second kappa shape index (κ2) is 11.8. The van der Waals surface area contributed by atoms with E-state index in [1.807, 2.05) is 32.0 Å². The maximum Gasteiger partial charge on any atom is 0.341 e. The summed E-state index contributed by atoms with van der Waals surface area (Å²) in [5.74, 6) is 0.971. The largest absolute Gasteiger partial charge is 0.493 e. The number of carbonyl (C=O) groups is 1. The van der Waals surface area contributed by atoms with Crippen LogP contribution in [-0.4, -0.2) is 44.0 Å². The Morgan fingerprint density at radius 1 is 1.20 bits per heavy atom. The fourth-order valence-corrected chi connectivity index (χ4v) is 5.95. The Morgan fingerprint density at radius 2 is 2.00 bits per heavy atom. The number of thiophene rings is 1. The summed E-state index contributed by atoms with van der Waals surface area (Å²) in [6.07, 6.45) is 2.55. The Bertz CT molecular complexity index is 1210. The van der Waals surface area contributed by atoms with Crippen LogP contribution in [0.1, 0.15) is 45.8 Å². The fraction of sp³-hybridized carbons (Fsp3) is 0.333. The standard InChI is InChI=1S/C27H29BrN2O4S/c1-4-33-25-21(28)13-19(14-22(25)32-3)15-29-26-24(27(31)34-5-2)20-11-12-30(17-23(20)35-26)16-18-9-7-6-8-10-18/h6-10,13-15H,4-5,11-12,16-17H2,1-3H3. The molecule has 0 bridgehead atoms. The molecule has 0 N–H and O–H groups in total. The Morgan fingerprint density at radius 3 is 2.71 bits per heavy atom. The van der Waals surface area contributed by atoms with Crippen LogP contribution in [0.3, 0.4) is 0 Å². The van der Waals surface area contributed by atoms with Crippen LogP contribution in [0.5, 0.6) is 11.5 Å². The minimum atomic E-state index is -0.306. The molecule has 0 amide bonds. The van der Waals surface area contributed by atoms with E-state index < -0.39 is 0 Å². The summed E-state index contributed by atoms with van der Waals surface area (Å²) >= 11 is 5.13. The summed E-state index contributed by atoms with van der Waals surface area (Å²) in [6.45, 7) is 7.17. The van der Waals surface area contributed by atoms with E-state index in [1.54, 1.807) is 24.7 Å². The van der Waals surface area contributed by atoms with Gasteiger partial charge in [-0.05, 0) is 65.0 Å². The van der Waals surface area contributed by atoms with Gasteiger partial charge in [-0.2, -0.15) is 0 Å². The number of esters is 1. The number of nitrogens with zero attached hydrogens (tertiary/aromatic N) is 2. The van der Waals surface area contributed by atoms with Gasteiger partial charge in [-0.25, -0.2) is 9.79 Å². The molecule has 0 radical (unpaired) electrons. The fourth-order valence-electron chi connectivity index (χ4n) is 4.16. The average molecular weight is 558 g/mol. The van der Waals surface area contributed by atoms with Gasteiger partial charge >= 0.3 is 5.97 Å². The topological polar surface area (TPSA) is 60.4 Å². The van der Waals surface area contributed by atoms with Crippen LogP contribution in [-0.2, 0) is 24.2 Å². The first-order chi connectivity index (χ1) is 17.0. The van der Waals surface area contributed by atoms with Crippen LogP contribution >= 0.6 is 27.3 Å². The summed E-state index contributed by atoms with van der Waals surface area (Å²) in [5.41, 5.74) is 3.78. The second-order valence-electron chi connectivity index (χ2n) is 8.08. The number of hydrogen-bond acceptors (Lipinski definition) is 7. The molecule has 2 heterocycles. The molecule has 0 saturated heterocycles. The van der Waals surface area contributed by atoms with Gasteiger partial charge < -0.3 is 14.2 Å². The van der Waals surface area contributed by atoms with Gasteiger partial charge in [-0.15, -0.1) is 11.3 Å². The number of fused-ring (bicyclic) bond motifs is 1. The van der Waals surface area contributed by atoms with Crippen molar-refractivity contribution in [2.45, 2.75) is 33.4 Å². The van der Waals surface area contributed by atoms with Crippen molar-refractivity contribution < 1.29 is 19.0 Å². The quantitative estimate of drug-likeness (QED) is 0.225. The van der Waals surface area contributed by atoms with Crippen molar-refractivity contribution in [2.75, 3.05) is 26.9 Å². The van der Waals surface area contributed by atoms with Gasteiger partial charge in [0.2, 0.25) is 0 Å². The predicted octanol–water partition coefficient (Wildman–Crippen LogP) is 6.40. The number of hydrogen-bond donors (Lipinski definition) is 0. The molecule has 184 valence electrons. The molecular formula is C27H29BrN2O4S.